The van der Waals surface area contributed by atoms with Gasteiger partial charge in [-0.3, -0.25) is 0 Å². The van der Waals surface area contributed by atoms with Crippen molar-refractivity contribution in [2.45, 2.75) is 51.6 Å². The summed E-state index contributed by atoms with van der Waals surface area (Å²) in [4.78, 5) is 0. The number of rotatable bonds is 7. The Morgan fingerprint density at radius 3 is 2.56 bits per heavy atom. The molecule has 0 saturated carbocycles. The van der Waals surface area contributed by atoms with Crippen molar-refractivity contribution >= 4 is 11.6 Å². The third-order valence-electron chi connectivity index (χ3n) is 3.36. The molecule has 1 aromatic rings. The molecule has 0 aromatic heterocycles. The SMILES string of the molecule is CCCCC[C@@](F)(CCO)c1ccc(Cl)cc1C. The molecule has 1 nitrogen and oxygen atoms in total. The van der Waals surface area contributed by atoms with Gasteiger partial charge in [0.2, 0.25) is 0 Å². The van der Waals surface area contributed by atoms with Crippen molar-refractivity contribution in [3.8, 4) is 0 Å². The minimum Gasteiger partial charge on any atom is -0.396 e. The van der Waals surface area contributed by atoms with Crippen LogP contribution in [0.2, 0.25) is 5.02 Å². The first-order chi connectivity index (χ1) is 8.53. The lowest BCUT2D eigenvalue weighted by atomic mass is 9.85. The summed E-state index contributed by atoms with van der Waals surface area (Å²) >= 11 is 5.90. The van der Waals surface area contributed by atoms with Crippen molar-refractivity contribution in [2.24, 2.45) is 0 Å². The molecule has 0 bridgehead atoms. The predicted molar refractivity (Wildman–Crippen MR) is 74.8 cm³/mol. The summed E-state index contributed by atoms with van der Waals surface area (Å²) in [6.07, 6.45) is 3.54. The zero-order chi connectivity index (χ0) is 13.6. The van der Waals surface area contributed by atoms with E-state index in [9.17, 15) is 0 Å². The van der Waals surface area contributed by atoms with Gasteiger partial charge in [0, 0.05) is 18.1 Å². The summed E-state index contributed by atoms with van der Waals surface area (Å²) in [5.41, 5.74) is 0.0884. The van der Waals surface area contributed by atoms with Crippen LogP contribution in [0.25, 0.3) is 0 Å². The Hall–Kier alpha value is -0.600. The lowest BCUT2D eigenvalue weighted by molar-refractivity contribution is 0.0989. The number of hydrogen-bond acceptors (Lipinski definition) is 1. The first-order valence-corrected chi connectivity index (χ1v) is 6.97. The van der Waals surface area contributed by atoms with E-state index < -0.39 is 5.67 Å². The van der Waals surface area contributed by atoms with Crippen LogP contribution < -0.4 is 0 Å². The first kappa shape index (κ1) is 15.5. The van der Waals surface area contributed by atoms with Crippen LogP contribution >= 0.6 is 11.6 Å². The van der Waals surface area contributed by atoms with E-state index in [4.69, 9.17) is 16.7 Å². The van der Waals surface area contributed by atoms with Crippen molar-refractivity contribution in [3.63, 3.8) is 0 Å². The monoisotopic (exact) mass is 272 g/mol. The Kier molecular flexibility index (Phi) is 6.10. The van der Waals surface area contributed by atoms with Gasteiger partial charge in [0.15, 0.2) is 0 Å². The Bertz CT molecular complexity index is 381. The van der Waals surface area contributed by atoms with Gasteiger partial charge in [0.05, 0.1) is 0 Å². The average Bonchev–Trinajstić information content (AvgIpc) is 2.29. The molecule has 0 aliphatic heterocycles. The van der Waals surface area contributed by atoms with Crippen LogP contribution in [-0.4, -0.2) is 11.7 Å². The second-order valence-electron chi connectivity index (χ2n) is 4.86. The molecule has 0 unspecified atom stereocenters. The Morgan fingerprint density at radius 2 is 2.00 bits per heavy atom. The van der Waals surface area contributed by atoms with Crippen molar-refractivity contribution in [1.29, 1.82) is 0 Å². The number of aryl methyl sites for hydroxylation is 1. The number of alkyl halides is 1. The van der Waals surface area contributed by atoms with Crippen LogP contribution in [0, 0.1) is 6.92 Å². The lowest BCUT2D eigenvalue weighted by Gasteiger charge is -2.27. The summed E-state index contributed by atoms with van der Waals surface area (Å²) in [6, 6.07) is 5.25. The summed E-state index contributed by atoms with van der Waals surface area (Å²) in [7, 11) is 0. The van der Waals surface area contributed by atoms with Gasteiger partial charge < -0.3 is 5.11 Å². The predicted octanol–water partition coefficient (Wildman–Crippen LogP) is 4.78. The zero-order valence-corrected chi connectivity index (χ0v) is 11.9. The second-order valence-corrected chi connectivity index (χ2v) is 5.29. The van der Waals surface area contributed by atoms with E-state index in [0.717, 1.165) is 24.8 Å². The molecule has 0 amide bonds. The summed E-state index contributed by atoms with van der Waals surface area (Å²) in [5.74, 6) is 0. The van der Waals surface area contributed by atoms with E-state index in [-0.39, 0.29) is 13.0 Å². The standard InChI is InChI=1S/C15H22ClFO/c1-3-4-5-8-15(17,9-10-18)14-7-6-13(16)11-12(14)2/h6-7,11,18H,3-5,8-10H2,1-2H3/t15-/m1/s1. The van der Waals surface area contributed by atoms with E-state index >= 15 is 4.39 Å². The van der Waals surface area contributed by atoms with Gasteiger partial charge in [-0.1, -0.05) is 37.4 Å². The van der Waals surface area contributed by atoms with Crippen LogP contribution in [0.5, 0.6) is 0 Å². The number of halogens is 2. The van der Waals surface area contributed by atoms with Crippen LogP contribution in [-0.2, 0) is 5.67 Å². The second kappa shape index (κ2) is 7.10. The quantitative estimate of drug-likeness (QED) is 0.709. The fraction of sp³-hybridized carbons (Fsp3) is 0.600. The van der Waals surface area contributed by atoms with Gasteiger partial charge >= 0.3 is 0 Å². The molecular formula is C15H22ClFO. The van der Waals surface area contributed by atoms with Gasteiger partial charge in [-0.2, -0.15) is 0 Å². The molecule has 3 heteroatoms. The highest BCUT2D eigenvalue weighted by molar-refractivity contribution is 6.30. The highest BCUT2D eigenvalue weighted by Crippen LogP contribution is 2.37. The van der Waals surface area contributed by atoms with Gasteiger partial charge in [-0.15, -0.1) is 0 Å². The fourth-order valence-electron chi connectivity index (χ4n) is 2.36. The van der Waals surface area contributed by atoms with E-state index in [1.165, 1.54) is 0 Å². The molecule has 0 saturated heterocycles. The highest BCUT2D eigenvalue weighted by Gasteiger charge is 2.32. The summed E-state index contributed by atoms with van der Waals surface area (Å²) in [6.45, 7) is 3.83. The Labute approximate surface area is 114 Å². The largest absolute Gasteiger partial charge is 0.396 e. The van der Waals surface area contributed by atoms with Crippen LogP contribution in [0.1, 0.15) is 50.2 Å². The van der Waals surface area contributed by atoms with Crippen LogP contribution in [0.15, 0.2) is 18.2 Å². The maximum absolute atomic E-state index is 15.0. The van der Waals surface area contributed by atoms with E-state index in [0.29, 0.717) is 17.0 Å². The molecule has 102 valence electrons. The first-order valence-electron chi connectivity index (χ1n) is 6.60. The minimum atomic E-state index is -1.43. The molecule has 1 aromatic carbocycles. The highest BCUT2D eigenvalue weighted by atomic mass is 35.5. The number of unbranched alkanes of at least 4 members (excludes halogenated alkanes) is 2. The van der Waals surface area contributed by atoms with Gasteiger partial charge in [-0.25, -0.2) is 4.39 Å². The van der Waals surface area contributed by atoms with Gasteiger partial charge in [-0.05, 0) is 43.0 Å². The zero-order valence-electron chi connectivity index (χ0n) is 11.2. The minimum absolute atomic E-state index is 0.134. The van der Waals surface area contributed by atoms with Crippen molar-refractivity contribution in [2.75, 3.05) is 6.61 Å². The number of benzene rings is 1. The Balaban J connectivity index is 2.94. The molecule has 0 aliphatic carbocycles. The molecule has 0 aliphatic rings. The smallest absolute Gasteiger partial charge is 0.138 e. The van der Waals surface area contributed by atoms with Gasteiger partial charge in [0.25, 0.3) is 0 Å². The number of aliphatic hydroxyl groups excluding tert-OH is 1. The van der Waals surface area contributed by atoms with Crippen molar-refractivity contribution < 1.29 is 9.50 Å². The van der Waals surface area contributed by atoms with E-state index in [1.807, 2.05) is 6.92 Å². The lowest BCUT2D eigenvalue weighted by Crippen LogP contribution is -2.23. The van der Waals surface area contributed by atoms with E-state index in [2.05, 4.69) is 6.92 Å². The molecule has 1 N–H and O–H groups in total. The number of hydrogen-bond donors (Lipinski definition) is 1. The van der Waals surface area contributed by atoms with E-state index in [1.54, 1.807) is 18.2 Å². The average molecular weight is 273 g/mol. The van der Waals surface area contributed by atoms with Crippen molar-refractivity contribution in [1.82, 2.24) is 0 Å². The maximum Gasteiger partial charge on any atom is 0.138 e. The third kappa shape index (κ3) is 3.96. The summed E-state index contributed by atoms with van der Waals surface area (Å²) in [5, 5.41) is 9.72. The molecule has 1 atom stereocenters. The maximum atomic E-state index is 15.0. The normalized spacial score (nSPS) is 14.5. The molecular weight excluding hydrogens is 251 g/mol. The molecule has 0 fully saturated rings. The van der Waals surface area contributed by atoms with Gasteiger partial charge in [0.1, 0.15) is 5.67 Å². The summed E-state index contributed by atoms with van der Waals surface area (Å²) < 4.78 is 15.0. The van der Waals surface area contributed by atoms with Crippen LogP contribution in [0.3, 0.4) is 0 Å². The Morgan fingerprint density at radius 1 is 1.28 bits per heavy atom. The number of aliphatic hydroxyl groups is 1. The third-order valence-corrected chi connectivity index (χ3v) is 3.59. The fourth-order valence-corrected chi connectivity index (χ4v) is 2.58. The molecule has 0 heterocycles. The molecule has 0 radical (unpaired) electrons. The van der Waals surface area contributed by atoms with Crippen molar-refractivity contribution in [3.05, 3.63) is 34.3 Å². The molecule has 18 heavy (non-hydrogen) atoms. The topological polar surface area (TPSA) is 20.2 Å². The van der Waals surface area contributed by atoms with Crippen LogP contribution in [0.4, 0.5) is 4.39 Å². The molecule has 0 spiro atoms. The molecule has 1 rings (SSSR count).